The number of aliphatic carboxylic acids is 1. The molecule has 1 saturated heterocycles. The Morgan fingerprint density at radius 1 is 1.20 bits per heavy atom. The fourth-order valence-corrected chi connectivity index (χ4v) is 3.59. The number of piperazine rings is 1. The summed E-state index contributed by atoms with van der Waals surface area (Å²) in [6, 6.07) is 7.76. The van der Waals surface area contributed by atoms with E-state index in [9.17, 15) is 19.2 Å². The number of nitrogens with one attached hydrogen (secondary N) is 1. The monoisotopic (exact) mass is 413 g/mol. The summed E-state index contributed by atoms with van der Waals surface area (Å²) in [6.45, 7) is -0.585. The molecule has 4 rings (SSSR count). The number of carboxylic acid groups (broad SMARTS) is 1. The molecule has 2 N–H and O–H groups in total. The number of hydrogen-bond donors (Lipinski definition) is 2. The van der Waals surface area contributed by atoms with Crippen molar-refractivity contribution in [2.45, 2.75) is 6.04 Å². The van der Waals surface area contributed by atoms with E-state index in [0.29, 0.717) is 22.6 Å². The van der Waals surface area contributed by atoms with Crippen LogP contribution in [-0.2, 0) is 19.1 Å². The highest BCUT2D eigenvalue weighted by Gasteiger charge is 2.40. The van der Waals surface area contributed by atoms with Crippen molar-refractivity contribution < 1.29 is 33.4 Å². The predicted octanol–water partition coefficient (Wildman–Crippen LogP) is 0.653. The highest BCUT2D eigenvalue weighted by Crippen LogP contribution is 2.30. The molecule has 0 bridgehead atoms. The van der Waals surface area contributed by atoms with Crippen LogP contribution < -0.4 is 5.32 Å². The lowest BCUT2D eigenvalue weighted by Gasteiger charge is -2.39. The van der Waals surface area contributed by atoms with Gasteiger partial charge < -0.3 is 29.4 Å². The Bertz CT molecular complexity index is 1000. The summed E-state index contributed by atoms with van der Waals surface area (Å²) >= 11 is 0. The number of furan rings is 1. The number of carbonyl (C=O) groups is 4. The van der Waals surface area contributed by atoms with Crippen molar-refractivity contribution in [2.75, 3.05) is 38.2 Å². The van der Waals surface area contributed by atoms with Crippen molar-refractivity contribution in [3.05, 3.63) is 42.2 Å². The van der Waals surface area contributed by atoms with Crippen molar-refractivity contribution in [2.24, 2.45) is 0 Å². The van der Waals surface area contributed by atoms with Crippen LogP contribution in [0.25, 0.3) is 11.3 Å². The number of benzene rings is 1. The molecule has 10 nitrogen and oxygen atoms in total. The fourth-order valence-electron chi connectivity index (χ4n) is 3.59. The smallest absolute Gasteiger partial charge is 0.329 e. The van der Waals surface area contributed by atoms with Crippen LogP contribution in [0.1, 0.15) is 10.4 Å². The Balaban J connectivity index is 1.52. The Hall–Kier alpha value is -3.66. The summed E-state index contributed by atoms with van der Waals surface area (Å²) in [5.74, 6) is -1.70. The van der Waals surface area contributed by atoms with E-state index in [0.717, 1.165) is 0 Å². The molecule has 156 valence electrons. The van der Waals surface area contributed by atoms with Crippen LogP contribution in [0, 0.1) is 0 Å². The van der Waals surface area contributed by atoms with Gasteiger partial charge in [-0.25, -0.2) is 4.79 Å². The van der Waals surface area contributed by atoms with Gasteiger partial charge in [-0.3, -0.25) is 14.4 Å². The van der Waals surface area contributed by atoms with Crippen molar-refractivity contribution in [1.82, 2.24) is 9.80 Å². The number of carbonyl (C=O) groups excluding carboxylic acids is 3. The molecule has 0 radical (unpaired) electrons. The average Bonchev–Trinajstić information content (AvgIpc) is 3.24. The molecule has 1 fully saturated rings. The number of nitrogens with zero attached hydrogens (tertiary/aromatic N) is 2. The maximum Gasteiger partial charge on any atom is 0.329 e. The molecule has 1 unspecified atom stereocenters. The molecule has 3 amide bonds. The molecule has 1 aromatic carbocycles. The van der Waals surface area contributed by atoms with Gasteiger partial charge in [-0.05, 0) is 30.3 Å². The van der Waals surface area contributed by atoms with Gasteiger partial charge in [0.05, 0.1) is 24.1 Å². The number of hydrogen-bond acceptors (Lipinski definition) is 6. The quantitative estimate of drug-likeness (QED) is 0.736. The number of anilines is 1. The lowest BCUT2D eigenvalue weighted by atomic mass is 10.1. The molecule has 0 aliphatic carbocycles. The summed E-state index contributed by atoms with van der Waals surface area (Å²) < 4.78 is 10.2. The molecule has 1 atom stereocenters. The predicted molar refractivity (Wildman–Crippen MR) is 103 cm³/mol. The minimum absolute atomic E-state index is 0.00582. The zero-order valence-corrected chi connectivity index (χ0v) is 15.9. The molecule has 2 aliphatic heterocycles. The molecule has 10 heteroatoms. The maximum atomic E-state index is 13.2. The first kappa shape index (κ1) is 19.6. The number of rotatable bonds is 5. The van der Waals surface area contributed by atoms with Crippen LogP contribution in [0.3, 0.4) is 0 Å². The lowest BCUT2D eigenvalue weighted by molar-refractivity contribution is -0.147. The van der Waals surface area contributed by atoms with Gasteiger partial charge in [0.1, 0.15) is 25.0 Å². The fraction of sp³-hybridized carbons (Fsp3) is 0.300. The first-order valence-corrected chi connectivity index (χ1v) is 9.31. The summed E-state index contributed by atoms with van der Waals surface area (Å²) in [5, 5.41) is 11.4. The normalized spacial score (nSPS) is 18.3. The van der Waals surface area contributed by atoms with E-state index < -0.39 is 37.0 Å². The van der Waals surface area contributed by atoms with E-state index in [4.69, 9.17) is 14.3 Å². The number of carboxylic acids is 1. The second kappa shape index (κ2) is 7.99. The van der Waals surface area contributed by atoms with Crippen LogP contribution in [-0.4, -0.2) is 77.5 Å². The zero-order chi connectivity index (χ0) is 21.3. The Labute approximate surface area is 171 Å². The first-order valence-electron chi connectivity index (χ1n) is 9.31. The highest BCUT2D eigenvalue weighted by atomic mass is 16.5. The van der Waals surface area contributed by atoms with E-state index >= 15 is 0 Å². The standard InChI is InChI=1S/C20H19N3O7/c24-17(10-29-11-18(25)26)22-5-6-23-15(9-22)19(27)21-14-4-3-12(8-13(14)20(23)28)16-2-1-7-30-16/h1-4,7-8,15H,5-6,9-11H2,(H,21,27)(H,25,26). The SMILES string of the molecule is O=C(O)COCC(=O)N1CCN2C(=O)c3cc(-c4ccco4)ccc3NC(=O)C2C1. The molecule has 1 aromatic heterocycles. The zero-order valence-electron chi connectivity index (χ0n) is 15.9. The lowest BCUT2D eigenvalue weighted by Crippen LogP contribution is -2.60. The summed E-state index contributed by atoms with van der Waals surface area (Å²) in [5.41, 5.74) is 1.46. The second-order valence-electron chi connectivity index (χ2n) is 6.97. The van der Waals surface area contributed by atoms with E-state index in [2.05, 4.69) is 5.32 Å². The van der Waals surface area contributed by atoms with Crippen LogP contribution >= 0.6 is 0 Å². The van der Waals surface area contributed by atoms with Crippen LogP contribution in [0.4, 0.5) is 5.69 Å². The first-order chi connectivity index (χ1) is 14.4. The third-order valence-electron chi connectivity index (χ3n) is 5.06. The van der Waals surface area contributed by atoms with Gasteiger partial charge in [0.15, 0.2) is 0 Å². The van der Waals surface area contributed by atoms with Gasteiger partial charge in [-0.1, -0.05) is 0 Å². The van der Waals surface area contributed by atoms with Gasteiger partial charge in [-0.2, -0.15) is 0 Å². The molecular formula is C20H19N3O7. The minimum atomic E-state index is -1.17. The number of ether oxygens (including phenoxy) is 1. The van der Waals surface area contributed by atoms with Crippen LogP contribution in [0.5, 0.6) is 0 Å². The van der Waals surface area contributed by atoms with Gasteiger partial charge in [0.2, 0.25) is 11.8 Å². The average molecular weight is 413 g/mol. The number of fused-ring (bicyclic) bond motifs is 2. The third-order valence-corrected chi connectivity index (χ3v) is 5.06. The molecule has 2 aliphatic rings. The molecular weight excluding hydrogens is 394 g/mol. The minimum Gasteiger partial charge on any atom is -0.480 e. The molecule has 30 heavy (non-hydrogen) atoms. The van der Waals surface area contributed by atoms with E-state index in [1.807, 2.05) is 0 Å². The Morgan fingerprint density at radius 2 is 2.03 bits per heavy atom. The van der Waals surface area contributed by atoms with Crippen molar-refractivity contribution >= 4 is 29.4 Å². The molecule has 0 saturated carbocycles. The maximum absolute atomic E-state index is 13.2. The summed E-state index contributed by atoms with van der Waals surface area (Å²) in [7, 11) is 0. The third kappa shape index (κ3) is 3.77. The van der Waals surface area contributed by atoms with Gasteiger partial charge in [0, 0.05) is 18.7 Å². The molecule has 0 spiro atoms. The number of amides is 3. The molecule has 3 heterocycles. The van der Waals surface area contributed by atoms with Crippen molar-refractivity contribution in [1.29, 1.82) is 0 Å². The van der Waals surface area contributed by atoms with E-state index in [1.165, 1.54) is 16.1 Å². The Kier molecular flexibility index (Phi) is 5.23. The van der Waals surface area contributed by atoms with Crippen LogP contribution in [0.2, 0.25) is 0 Å². The second-order valence-corrected chi connectivity index (χ2v) is 6.97. The van der Waals surface area contributed by atoms with Gasteiger partial charge >= 0.3 is 5.97 Å². The van der Waals surface area contributed by atoms with Crippen molar-refractivity contribution in [3.63, 3.8) is 0 Å². The van der Waals surface area contributed by atoms with Crippen molar-refractivity contribution in [3.8, 4) is 11.3 Å². The van der Waals surface area contributed by atoms with Crippen LogP contribution in [0.15, 0.2) is 41.0 Å². The summed E-state index contributed by atoms with van der Waals surface area (Å²) in [6.07, 6.45) is 1.54. The largest absolute Gasteiger partial charge is 0.480 e. The Morgan fingerprint density at radius 3 is 2.77 bits per heavy atom. The van der Waals surface area contributed by atoms with Gasteiger partial charge in [0.25, 0.3) is 5.91 Å². The van der Waals surface area contributed by atoms with E-state index in [-0.39, 0.29) is 25.5 Å². The summed E-state index contributed by atoms with van der Waals surface area (Å²) in [4.78, 5) is 51.6. The molecule has 2 aromatic rings. The van der Waals surface area contributed by atoms with E-state index in [1.54, 1.807) is 30.3 Å². The highest BCUT2D eigenvalue weighted by molar-refractivity contribution is 6.10. The topological polar surface area (TPSA) is 129 Å². The van der Waals surface area contributed by atoms with Gasteiger partial charge in [-0.15, -0.1) is 0 Å².